The molecular formula is C14H20N2O2. The highest BCUT2D eigenvalue weighted by Crippen LogP contribution is 2.36. The summed E-state index contributed by atoms with van der Waals surface area (Å²) in [5, 5.41) is 4.17. The summed E-state index contributed by atoms with van der Waals surface area (Å²) < 4.78 is 1.63. The van der Waals surface area contributed by atoms with Gasteiger partial charge in [0.25, 0.3) is 0 Å². The largest absolute Gasteiger partial charge is 0.298 e. The van der Waals surface area contributed by atoms with Gasteiger partial charge in [-0.05, 0) is 19.8 Å². The van der Waals surface area contributed by atoms with Crippen molar-refractivity contribution in [3.8, 4) is 0 Å². The topological polar surface area (TPSA) is 52.0 Å². The van der Waals surface area contributed by atoms with Gasteiger partial charge in [-0.1, -0.05) is 20.3 Å². The third-order valence-corrected chi connectivity index (χ3v) is 3.87. The molecule has 1 aliphatic carbocycles. The van der Waals surface area contributed by atoms with Crippen molar-refractivity contribution in [2.45, 2.75) is 40.0 Å². The highest BCUT2D eigenvalue weighted by Gasteiger charge is 2.41. The molecule has 1 saturated carbocycles. The van der Waals surface area contributed by atoms with Crippen LogP contribution in [0.5, 0.6) is 0 Å². The van der Waals surface area contributed by atoms with E-state index in [1.165, 1.54) is 0 Å². The Labute approximate surface area is 107 Å². The third kappa shape index (κ3) is 2.11. The number of Topliss-reactive ketones (excluding diaryl/α,β-unsaturated/α-hetero) is 2. The minimum atomic E-state index is -0.475. The Balaban J connectivity index is 2.29. The molecule has 1 heterocycles. The molecule has 1 aromatic rings. The Morgan fingerprint density at radius 2 is 2.17 bits per heavy atom. The van der Waals surface area contributed by atoms with Crippen LogP contribution < -0.4 is 0 Å². The number of aromatic nitrogens is 2. The molecule has 0 amide bonds. The van der Waals surface area contributed by atoms with Gasteiger partial charge in [-0.3, -0.25) is 14.3 Å². The zero-order chi connectivity index (χ0) is 13.5. The zero-order valence-corrected chi connectivity index (χ0v) is 11.5. The van der Waals surface area contributed by atoms with E-state index < -0.39 is 5.92 Å². The summed E-state index contributed by atoms with van der Waals surface area (Å²) in [4.78, 5) is 24.8. The maximum absolute atomic E-state index is 12.5. The molecule has 0 spiro atoms. The molecule has 1 aliphatic rings. The number of rotatable bonds is 2. The SMILES string of the molecule is Cc1nn(C)cc1C(=O)C1CCCC(C)(C)C1=O. The summed E-state index contributed by atoms with van der Waals surface area (Å²) in [5.74, 6) is -0.447. The number of ketones is 2. The predicted octanol–water partition coefficient (Wildman–Crippen LogP) is 2.31. The molecular weight excluding hydrogens is 228 g/mol. The average molecular weight is 248 g/mol. The van der Waals surface area contributed by atoms with Crippen LogP contribution >= 0.6 is 0 Å². The summed E-state index contributed by atoms with van der Waals surface area (Å²) in [7, 11) is 1.79. The van der Waals surface area contributed by atoms with E-state index in [4.69, 9.17) is 0 Å². The van der Waals surface area contributed by atoms with Crippen molar-refractivity contribution in [2.75, 3.05) is 0 Å². The molecule has 2 rings (SSSR count). The van der Waals surface area contributed by atoms with Gasteiger partial charge in [0.2, 0.25) is 0 Å². The molecule has 18 heavy (non-hydrogen) atoms. The van der Waals surface area contributed by atoms with Crippen LogP contribution in [0.15, 0.2) is 6.20 Å². The second-order valence-electron chi connectivity index (χ2n) is 5.86. The molecule has 0 aromatic carbocycles. The van der Waals surface area contributed by atoms with Gasteiger partial charge in [0.05, 0.1) is 17.2 Å². The summed E-state index contributed by atoms with van der Waals surface area (Å²) in [6.45, 7) is 5.68. The highest BCUT2D eigenvalue weighted by atomic mass is 16.2. The van der Waals surface area contributed by atoms with E-state index in [-0.39, 0.29) is 17.0 Å². The molecule has 1 aromatic heterocycles. The van der Waals surface area contributed by atoms with Crippen LogP contribution in [0.25, 0.3) is 0 Å². The first-order chi connectivity index (χ1) is 8.33. The van der Waals surface area contributed by atoms with Crippen LogP contribution in [0.1, 0.15) is 49.2 Å². The zero-order valence-electron chi connectivity index (χ0n) is 11.5. The third-order valence-electron chi connectivity index (χ3n) is 3.87. The fraction of sp³-hybridized carbons (Fsp3) is 0.643. The molecule has 0 radical (unpaired) electrons. The maximum Gasteiger partial charge on any atom is 0.176 e. The fourth-order valence-electron chi connectivity index (χ4n) is 2.75. The Hall–Kier alpha value is -1.45. The summed E-state index contributed by atoms with van der Waals surface area (Å²) >= 11 is 0. The first kappa shape index (κ1) is 13.0. The van der Waals surface area contributed by atoms with Gasteiger partial charge < -0.3 is 0 Å². The number of nitrogens with zero attached hydrogens (tertiary/aromatic N) is 2. The Morgan fingerprint density at radius 1 is 1.50 bits per heavy atom. The lowest BCUT2D eigenvalue weighted by Crippen LogP contribution is -2.39. The Kier molecular flexibility index (Phi) is 3.13. The number of carbonyl (C=O) groups excluding carboxylic acids is 2. The quantitative estimate of drug-likeness (QED) is 0.596. The van der Waals surface area contributed by atoms with Gasteiger partial charge in [-0.25, -0.2) is 0 Å². The molecule has 1 atom stereocenters. The molecule has 98 valence electrons. The highest BCUT2D eigenvalue weighted by molar-refractivity contribution is 6.12. The smallest absolute Gasteiger partial charge is 0.176 e. The van der Waals surface area contributed by atoms with E-state index in [1.54, 1.807) is 17.9 Å². The first-order valence-electron chi connectivity index (χ1n) is 6.42. The van der Waals surface area contributed by atoms with Gasteiger partial charge in [0, 0.05) is 18.7 Å². The van der Waals surface area contributed by atoms with Crippen LogP contribution in [0.3, 0.4) is 0 Å². The second kappa shape index (κ2) is 4.34. The van der Waals surface area contributed by atoms with Crippen molar-refractivity contribution in [2.24, 2.45) is 18.4 Å². The molecule has 0 aliphatic heterocycles. The first-order valence-corrected chi connectivity index (χ1v) is 6.42. The van der Waals surface area contributed by atoms with E-state index in [0.29, 0.717) is 17.7 Å². The fourth-order valence-corrected chi connectivity index (χ4v) is 2.75. The van der Waals surface area contributed by atoms with Crippen molar-refractivity contribution in [1.29, 1.82) is 0 Å². The minimum Gasteiger partial charge on any atom is -0.298 e. The van der Waals surface area contributed by atoms with Crippen LogP contribution in [0.4, 0.5) is 0 Å². The van der Waals surface area contributed by atoms with Crippen molar-refractivity contribution in [3.05, 3.63) is 17.5 Å². The average Bonchev–Trinajstić information content (AvgIpc) is 2.61. The van der Waals surface area contributed by atoms with E-state index >= 15 is 0 Å². The standard InChI is InChI=1S/C14H20N2O2/c1-9-11(8-16(4)15-9)12(17)10-6-5-7-14(2,3)13(10)18/h8,10H,5-7H2,1-4H3. The number of carbonyl (C=O) groups is 2. The normalized spacial score (nSPS) is 23.1. The van der Waals surface area contributed by atoms with Gasteiger partial charge in [-0.2, -0.15) is 5.10 Å². The maximum atomic E-state index is 12.5. The van der Waals surface area contributed by atoms with Crippen molar-refractivity contribution >= 4 is 11.6 Å². The lowest BCUT2D eigenvalue weighted by atomic mass is 9.69. The van der Waals surface area contributed by atoms with E-state index in [9.17, 15) is 9.59 Å². The Morgan fingerprint density at radius 3 is 2.72 bits per heavy atom. The van der Waals surface area contributed by atoms with E-state index in [2.05, 4.69) is 5.10 Å². The van der Waals surface area contributed by atoms with Gasteiger partial charge in [0.15, 0.2) is 5.78 Å². The second-order valence-corrected chi connectivity index (χ2v) is 5.86. The molecule has 1 unspecified atom stereocenters. The molecule has 4 nitrogen and oxygen atoms in total. The summed E-state index contributed by atoms with van der Waals surface area (Å²) in [5.41, 5.74) is 0.932. The van der Waals surface area contributed by atoms with Crippen LogP contribution in [-0.4, -0.2) is 21.3 Å². The summed E-state index contributed by atoms with van der Waals surface area (Å²) in [6.07, 6.45) is 4.21. The minimum absolute atomic E-state index is 0.0571. The number of hydrogen-bond donors (Lipinski definition) is 0. The monoisotopic (exact) mass is 248 g/mol. The molecule has 0 saturated heterocycles. The van der Waals surface area contributed by atoms with Crippen molar-refractivity contribution in [1.82, 2.24) is 9.78 Å². The van der Waals surface area contributed by atoms with E-state index in [1.807, 2.05) is 20.8 Å². The van der Waals surface area contributed by atoms with Crippen LogP contribution in [0, 0.1) is 18.3 Å². The van der Waals surface area contributed by atoms with Crippen molar-refractivity contribution < 1.29 is 9.59 Å². The van der Waals surface area contributed by atoms with Crippen LogP contribution in [-0.2, 0) is 11.8 Å². The van der Waals surface area contributed by atoms with Gasteiger partial charge in [-0.15, -0.1) is 0 Å². The summed E-state index contributed by atoms with van der Waals surface area (Å²) in [6, 6.07) is 0. The van der Waals surface area contributed by atoms with Crippen molar-refractivity contribution in [3.63, 3.8) is 0 Å². The van der Waals surface area contributed by atoms with Gasteiger partial charge >= 0.3 is 0 Å². The number of hydrogen-bond acceptors (Lipinski definition) is 3. The van der Waals surface area contributed by atoms with Gasteiger partial charge in [0.1, 0.15) is 5.78 Å². The molecule has 4 heteroatoms. The van der Waals surface area contributed by atoms with Crippen LogP contribution in [0.2, 0.25) is 0 Å². The lowest BCUT2D eigenvalue weighted by molar-refractivity contribution is -0.132. The lowest BCUT2D eigenvalue weighted by Gasteiger charge is -2.32. The van der Waals surface area contributed by atoms with E-state index in [0.717, 1.165) is 12.8 Å². The molecule has 0 N–H and O–H groups in total. The predicted molar refractivity (Wildman–Crippen MR) is 68.4 cm³/mol. The number of aryl methyl sites for hydroxylation is 2. The molecule has 0 bridgehead atoms. The molecule has 1 fully saturated rings. The Bertz CT molecular complexity index is 500.